The molecule has 0 radical (unpaired) electrons. The molecule has 6 heteroatoms. The monoisotopic (exact) mass is 354 g/mol. The van der Waals surface area contributed by atoms with E-state index in [-0.39, 0.29) is 13.0 Å². The molecular weight excluding hydrogens is 332 g/mol. The third-order valence-electron chi connectivity index (χ3n) is 4.88. The first-order valence-corrected chi connectivity index (χ1v) is 8.74. The van der Waals surface area contributed by atoms with Crippen LogP contribution in [0.1, 0.15) is 23.7 Å². The first-order chi connectivity index (χ1) is 12.5. The number of imidazole rings is 1. The fraction of sp³-hybridized carbons (Fsp3) is 0.350. The van der Waals surface area contributed by atoms with Crippen molar-refractivity contribution in [3.63, 3.8) is 0 Å². The number of hydrogen-bond acceptors (Lipinski definition) is 5. The summed E-state index contributed by atoms with van der Waals surface area (Å²) in [7, 11) is 0. The SMILES string of the molecule is Cc1ccc2nc(-c3cccc(C4OC(CO)CC(O)C4O)c3)[nH]c2c1. The van der Waals surface area contributed by atoms with Crippen molar-refractivity contribution in [2.24, 2.45) is 0 Å². The Morgan fingerprint density at radius 1 is 1.19 bits per heavy atom. The smallest absolute Gasteiger partial charge is 0.138 e. The molecule has 6 nitrogen and oxygen atoms in total. The molecule has 0 aliphatic carbocycles. The van der Waals surface area contributed by atoms with Gasteiger partial charge in [0.05, 0.1) is 29.8 Å². The van der Waals surface area contributed by atoms with E-state index in [1.54, 1.807) is 0 Å². The topological polar surface area (TPSA) is 98.6 Å². The Kier molecular flexibility index (Phi) is 4.50. The maximum atomic E-state index is 10.3. The number of benzene rings is 2. The van der Waals surface area contributed by atoms with Crippen LogP contribution >= 0.6 is 0 Å². The van der Waals surface area contributed by atoms with Crippen LogP contribution in [0, 0.1) is 6.92 Å². The van der Waals surface area contributed by atoms with Crippen molar-refractivity contribution >= 4 is 11.0 Å². The van der Waals surface area contributed by atoms with Crippen LogP contribution in [0.25, 0.3) is 22.4 Å². The van der Waals surface area contributed by atoms with E-state index < -0.39 is 24.4 Å². The van der Waals surface area contributed by atoms with E-state index >= 15 is 0 Å². The van der Waals surface area contributed by atoms with E-state index in [2.05, 4.69) is 9.97 Å². The number of nitrogens with one attached hydrogen (secondary N) is 1. The van der Waals surface area contributed by atoms with Crippen molar-refractivity contribution in [3.05, 3.63) is 53.6 Å². The van der Waals surface area contributed by atoms with Gasteiger partial charge in [-0.25, -0.2) is 4.98 Å². The van der Waals surface area contributed by atoms with Gasteiger partial charge in [-0.05, 0) is 36.2 Å². The van der Waals surface area contributed by atoms with Gasteiger partial charge in [0.15, 0.2) is 0 Å². The molecular formula is C20H22N2O4. The van der Waals surface area contributed by atoms with E-state index in [1.165, 1.54) is 0 Å². The number of aromatic amines is 1. The maximum Gasteiger partial charge on any atom is 0.138 e. The van der Waals surface area contributed by atoms with Gasteiger partial charge in [0.1, 0.15) is 18.0 Å². The zero-order valence-corrected chi connectivity index (χ0v) is 14.5. The summed E-state index contributed by atoms with van der Waals surface area (Å²) < 4.78 is 5.78. The summed E-state index contributed by atoms with van der Waals surface area (Å²) in [6.45, 7) is 1.84. The lowest BCUT2D eigenvalue weighted by molar-refractivity contribution is -0.179. The second-order valence-corrected chi connectivity index (χ2v) is 6.89. The third kappa shape index (κ3) is 3.12. The minimum atomic E-state index is -1.04. The molecule has 1 fully saturated rings. The van der Waals surface area contributed by atoms with Gasteiger partial charge in [-0.3, -0.25) is 0 Å². The van der Waals surface area contributed by atoms with Crippen LogP contribution in [0.2, 0.25) is 0 Å². The number of hydrogen-bond donors (Lipinski definition) is 4. The minimum absolute atomic E-state index is 0.192. The van der Waals surface area contributed by atoms with Gasteiger partial charge in [0, 0.05) is 12.0 Å². The second-order valence-electron chi connectivity index (χ2n) is 6.89. The number of aryl methyl sites for hydroxylation is 1. The molecule has 2 aromatic carbocycles. The van der Waals surface area contributed by atoms with Crippen molar-refractivity contribution in [2.75, 3.05) is 6.61 Å². The normalized spacial score (nSPS) is 26.3. The van der Waals surface area contributed by atoms with Crippen LogP contribution in [0.4, 0.5) is 0 Å². The molecule has 0 spiro atoms. The predicted octanol–water partition coefficient (Wildman–Crippen LogP) is 2.08. The molecule has 4 unspecified atom stereocenters. The summed E-state index contributed by atoms with van der Waals surface area (Å²) in [6.07, 6.45) is -2.93. The van der Waals surface area contributed by atoms with Gasteiger partial charge in [-0.2, -0.15) is 0 Å². The van der Waals surface area contributed by atoms with Crippen molar-refractivity contribution in [3.8, 4) is 11.4 Å². The number of fused-ring (bicyclic) bond motifs is 1. The highest BCUT2D eigenvalue weighted by molar-refractivity contribution is 5.80. The Hall–Kier alpha value is -2.25. The summed E-state index contributed by atoms with van der Waals surface area (Å²) in [5.41, 5.74) is 4.62. The average Bonchev–Trinajstić information content (AvgIpc) is 3.07. The highest BCUT2D eigenvalue weighted by atomic mass is 16.5. The predicted molar refractivity (Wildman–Crippen MR) is 97.6 cm³/mol. The zero-order valence-electron chi connectivity index (χ0n) is 14.5. The number of H-pyrrole nitrogens is 1. The molecule has 0 bridgehead atoms. The summed E-state index contributed by atoms with van der Waals surface area (Å²) in [4.78, 5) is 7.95. The highest BCUT2D eigenvalue weighted by Crippen LogP contribution is 2.33. The Bertz CT molecular complexity index is 923. The maximum absolute atomic E-state index is 10.3. The van der Waals surface area contributed by atoms with Gasteiger partial charge < -0.3 is 25.0 Å². The van der Waals surface area contributed by atoms with Crippen LogP contribution in [0.3, 0.4) is 0 Å². The lowest BCUT2D eigenvalue weighted by Crippen LogP contribution is -2.44. The summed E-state index contributed by atoms with van der Waals surface area (Å²) >= 11 is 0. The Labute approximate surface area is 151 Å². The first kappa shape index (κ1) is 17.2. The summed E-state index contributed by atoms with van der Waals surface area (Å²) in [5, 5.41) is 29.8. The van der Waals surface area contributed by atoms with Crippen LogP contribution in [-0.2, 0) is 4.74 Å². The number of nitrogens with zero attached hydrogens (tertiary/aromatic N) is 1. The first-order valence-electron chi connectivity index (χ1n) is 8.74. The molecule has 1 aromatic heterocycles. The van der Waals surface area contributed by atoms with Crippen molar-refractivity contribution < 1.29 is 20.1 Å². The molecule has 4 rings (SSSR count). The van der Waals surface area contributed by atoms with E-state index in [9.17, 15) is 15.3 Å². The largest absolute Gasteiger partial charge is 0.394 e. The third-order valence-corrected chi connectivity index (χ3v) is 4.88. The summed E-state index contributed by atoms with van der Waals surface area (Å²) in [5.74, 6) is 0.733. The molecule has 2 heterocycles. The Balaban J connectivity index is 1.69. The van der Waals surface area contributed by atoms with E-state index in [4.69, 9.17) is 4.74 Å². The molecule has 1 aliphatic heterocycles. The average molecular weight is 354 g/mol. The molecule has 0 saturated carbocycles. The Morgan fingerprint density at radius 3 is 2.85 bits per heavy atom. The van der Waals surface area contributed by atoms with Crippen LogP contribution in [0.15, 0.2) is 42.5 Å². The lowest BCUT2D eigenvalue weighted by Gasteiger charge is -2.36. The van der Waals surface area contributed by atoms with Gasteiger partial charge in [-0.1, -0.05) is 24.3 Å². The minimum Gasteiger partial charge on any atom is -0.394 e. The number of rotatable bonds is 3. The molecule has 136 valence electrons. The number of aliphatic hydroxyl groups is 3. The van der Waals surface area contributed by atoms with Crippen molar-refractivity contribution in [1.29, 1.82) is 0 Å². The molecule has 26 heavy (non-hydrogen) atoms. The van der Waals surface area contributed by atoms with Crippen LogP contribution in [0.5, 0.6) is 0 Å². The number of aromatic nitrogens is 2. The lowest BCUT2D eigenvalue weighted by atomic mass is 9.92. The highest BCUT2D eigenvalue weighted by Gasteiger charge is 2.37. The van der Waals surface area contributed by atoms with E-state index in [1.807, 2.05) is 49.4 Å². The summed E-state index contributed by atoms with van der Waals surface area (Å²) in [6, 6.07) is 13.6. The molecule has 1 saturated heterocycles. The Morgan fingerprint density at radius 2 is 2.04 bits per heavy atom. The standard InChI is InChI=1S/C20H22N2O4/c1-11-5-6-15-16(7-11)22-20(21-15)13-4-2-3-12(8-13)19-18(25)17(24)9-14(10-23)26-19/h2-8,14,17-19,23-25H,9-10H2,1H3,(H,21,22). The second kappa shape index (κ2) is 6.81. The van der Waals surface area contributed by atoms with E-state index in [0.29, 0.717) is 0 Å². The van der Waals surface area contributed by atoms with Crippen LogP contribution in [-0.4, -0.2) is 50.2 Å². The van der Waals surface area contributed by atoms with E-state index in [0.717, 1.165) is 33.5 Å². The van der Waals surface area contributed by atoms with Crippen LogP contribution < -0.4 is 0 Å². The molecule has 3 aromatic rings. The van der Waals surface area contributed by atoms with Gasteiger partial charge in [0.2, 0.25) is 0 Å². The fourth-order valence-corrected chi connectivity index (χ4v) is 3.47. The molecule has 1 aliphatic rings. The van der Waals surface area contributed by atoms with Gasteiger partial charge in [0.25, 0.3) is 0 Å². The quantitative estimate of drug-likeness (QED) is 0.577. The molecule has 4 N–H and O–H groups in total. The van der Waals surface area contributed by atoms with Crippen molar-refractivity contribution in [2.45, 2.75) is 37.8 Å². The zero-order chi connectivity index (χ0) is 18.3. The van der Waals surface area contributed by atoms with Crippen molar-refractivity contribution in [1.82, 2.24) is 9.97 Å². The fourth-order valence-electron chi connectivity index (χ4n) is 3.47. The molecule has 0 amide bonds. The number of aliphatic hydroxyl groups excluding tert-OH is 3. The van der Waals surface area contributed by atoms with Gasteiger partial charge >= 0.3 is 0 Å². The molecule has 4 atom stereocenters. The van der Waals surface area contributed by atoms with Gasteiger partial charge in [-0.15, -0.1) is 0 Å². The number of ether oxygens (including phenoxy) is 1.